The third-order valence-corrected chi connectivity index (χ3v) is 4.40. The van der Waals surface area contributed by atoms with Gasteiger partial charge in [0.05, 0.1) is 15.0 Å². The van der Waals surface area contributed by atoms with Crippen LogP contribution in [-0.2, 0) is 6.42 Å². The number of hydrogen-bond acceptors (Lipinski definition) is 3. The molecular weight excluding hydrogens is 314 g/mol. The van der Waals surface area contributed by atoms with Crippen molar-refractivity contribution in [2.75, 3.05) is 18.9 Å². The van der Waals surface area contributed by atoms with E-state index in [1.165, 1.54) is 16.5 Å². The summed E-state index contributed by atoms with van der Waals surface area (Å²) in [5, 5.41) is 4.50. The fraction of sp³-hybridized carbons (Fsp3) is 0.273. The topological polar surface area (TPSA) is 29.4 Å². The SMILES string of the molecule is CNc1c(CCN(P)P)c2cc(OP)ccc2n1P. The average molecular weight is 333 g/mol. The maximum absolute atomic E-state index is 5.25. The number of aromatic nitrogens is 1. The molecule has 4 unspecified atom stereocenters. The molecule has 0 saturated carbocycles. The maximum atomic E-state index is 5.25. The molecule has 1 aromatic carbocycles. The molecule has 104 valence electrons. The predicted molar refractivity (Wildman–Crippen MR) is 96.8 cm³/mol. The van der Waals surface area contributed by atoms with E-state index in [1.54, 1.807) is 0 Å². The summed E-state index contributed by atoms with van der Waals surface area (Å²) in [6.07, 6.45) is 0.960. The number of nitrogens with zero attached hydrogens (tertiary/aromatic N) is 2. The first-order valence-electron chi connectivity index (χ1n) is 5.82. The van der Waals surface area contributed by atoms with Crippen molar-refractivity contribution in [3.63, 3.8) is 0 Å². The monoisotopic (exact) mass is 333 g/mol. The van der Waals surface area contributed by atoms with Crippen LogP contribution in [-0.4, -0.2) is 22.4 Å². The first-order valence-corrected chi connectivity index (χ1v) is 7.84. The van der Waals surface area contributed by atoms with Crippen molar-refractivity contribution in [2.45, 2.75) is 6.42 Å². The van der Waals surface area contributed by atoms with Gasteiger partial charge in [-0.15, -0.1) is 0 Å². The Hall–Kier alpha value is 0.0400. The molecule has 2 aromatic rings. The van der Waals surface area contributed by atoms with Crippen LogP contribution in [0.4, 0.5) is 5.82 Å². The molecule has 19 heavy (non-hydrogen) atoms. The zero-order valence-corrected chi connectivity index (χ0v) is 15.4. The Labute approximate surface area is 123 Å². The highest BCUT2D eigenvalue weighted by Crippen LogP contribution is 2.35. The van der Waals surface area contributed by atoms with Crippen molar-refractivity contribution in [1.82, 2.24) is 8.78 Å². The fourth-order valence-corrected chi connectivity index (χ4v) is 3.11. The predicted octanol–water partition coefficient (Wildman–Crippen LogP) is 2.91. The van der Waals surface area contributed by atoms with Gasteiger partial charge in [-0.05, 0) is 34.0 Å². The quantitative estimate of drug-likeness (QED) is 0.854. The van der Waals surface area contributed by atoms with E-state index in [0.717, 1.165) is 24.5 Å². The smallest absolute Gasteiger partial charge is 0.123 e. The molecule has 1 aromatic heterocycles. The van der Waals surface area contributed by atoms with Gasteiger partial charge < -0.3 is 14.2 Å². The standard InChI is InChI=1S/C11H19N3OP4/c1-12-11-8(4-5-13(16)17)9-6-7(15-19)2-3-10(9)14(11)18/h2-3,6,12H,4-5,16-19H2,1H3. The molecule has 0 bridgehead atoms. The molecular formula is C11H19N3OP4. The molecule has 1 heterocycles. The normalized spacial score (nSPS) is 11.3. The van der Waals surface area contributed by atoms with Gasteiger partial charge in [0, 0.05) is 24.5 Å². The van der Waals surface area contributed by atoms with E-state index >= 15 is 0 Å². The zero-order valence-electron chi connectivity index (χ0n) is 10.8. The lowest BCUT2D eigenvalue weighted by molar-refractivity contribution is 0.647. The largest absolute Gasteiger partial charge is 0.480 e. The molecule has 4 atom stereocenters. The van der Waals surface area contributed by atoms with Crippen LogP contribution in [0, 0.1) is 0 Å². The van der Waals surface area contributed by atoms with Gasteiger partial charge in [0.1, 0.15) is 11.6 Å². The van der Waals surface area contributed by atoms with Crippen LogP contribution in [0.3, 0.4) is 0 Å². The van der Waals surface area contributed by atoms with Gasteiger partial charge in [-0.1, -0.05) is 18.8 Å². The second kappa shape index (κ2) is 6.66. The summed E-state index contributed by atoms with van der Waals surface area (Å²) in [6, 6.07) is 6.12. The van der Waals surface area contributed by atoms with Gasteiger partial charge in [-0.2, -0.15) is 0 Å². The minimum atomic E-state index is 0.852. The highest BCUT2D eigenvalue weighted by molar-refractivity contribution is 7.30. The lowest BCUT2D eigenvalue weighted by atomic mass is 10.1. The van der Waals surface area contributed by atoms with Gasteiger partial charge in [0.2, 0.25) is 0 Å². The molecule has 4 nitrogen and oxygen atoms in total. The van der Waals surface area contributed by atoms with Crippen molar-refractivity contribution >= 4 is 54.4 Å². The number of rotatable bonds is 5. The van der Waals surface area contributed by atoms with Crippen LogP contribution in [0.2, 0.25) is 0 Å². The number of fused-ring (bicyclic) bond motifs is 1. The van der Waals surface area contributed by atoms with Gasteiger partial charge in [-0.25, -0.2) is 0 Å². The molecule has 0 saturated heterocycles. The molecule has 0 radical (unpaired) electrons. The van der Waals surface area contributed by atoms with Crippen LogP contribution in [0.1, 0.15) is 5.56 Å². The second-order valence-electron chi connectivity index (χ2n) is 4.23. The summed E-state index contributed by atoms with van der Waals surface area (Å²) < 4.78 is 9.38. The summed E-state index contributed by atoms with van der Waals surface area (Å²) in [6.45, 7) is 0.944. The van der Waals surface area contributed by atoms with Crippen molar-refractivity contribution < 1.29 is 4.52 Å². The Balaban J connectivity index is 2.56. The lowest BCUT2D eigenvalue weighted by Crippen LogP contribution is -2.04. The van der Waals surface area contributed by atoms with Gasteiger partial charge >= 0.3 is 0 Å². The second-order valence-corrected chi connectivity index (χ2v) is 6.91. The highest BCUT2D eigenvalue weighted by atomic mass is 31.1. The van der Waals surface area contributed by atoms with E-state index in [2.05, 4.69) is 59.4 Å². The number of benzene rings is 1. The molecule has 2 rings (SSSR count). The molecule has 0 fully saturated rings. The maximum Gasteiger partial charge on any atom is 0.123 e. The number of anilines is 1. The molecule has 8 heteroatoms. The van der Waals surface area contributed by atoms with Gasteiger partial charge in [-0.3, -0.25) is 4.44 Å². The van der Waals surface area contributed by atoms with Crippen LogP contribution in [0.25, 0.3) is 10.9 Å². The van der Waals surface area contributed by atoms with E-state index in [9.17, 15) is 0 Å². The minimum absolute atomic E-state index is 0.852. The Kier molecular flexibility index (Phi) is 5.41. The van der Waals surface area contributed by atoms with Gasteiger partial charge in [0.25, 0.3) is 0 Å². The average Bonchev–Trinajstić information content (AvgIpc) is 2.67. The Morgan fingerprint density at radius 1 is 1.37 bits per heavy atom. The van der Waals surface area contributed by atoms with Crippen molar-refractivity contribution in [3.8, 4) is 5.75 Å². The van der Waals surface area contributed by atoms with Crippen molar-refractivity contribution in [3.05, 3.63) is 23.8 Å². The minimum Gasteiger partial charge on any atom is -0.480 e. The molecule has 0 amide bonds. The first kappa shape index (κ1) is 15.4. The van der Waals surface area contributed by atoms with E-state index in [1.807, 2.05) is 17.6 Å². The zero-order chi connectivity index (χ0) is 14.0. The van der Waals surface area contributed by atoms with E-state index < -0.39 is 0 Å². The molecule has 0 spiro atoms. The van der Waals surface area contributed by atoms with Crippen LogP contribution in [0.5, 0.6) is 5.75 Å². The third kappa shape index (κ3) is 3.21. The lowest BCUT2D eigenvalue weighted by Gasteiger charge is -2.10. The molecule has 0 aliphatic carbocycles. The summed E-state index contributed by atoms with van der Waals surface area (Å²) >= 11 is 0. The first-order chi connectivity index (χ1) is 9.08. The molecule has 0 aliphatic rings. The summed E-state index contributed by atoms with van der Waals surface area (Å²) in [4.78, 5) is 0. The number of hydrogen-bond donors (Lipinski definition) is 1. The number of nitrogens with one attached hydrogen (secondary N) is 1. The fourth-order valence-electron chi connectivity index (χ4n) is 2.20. The highest BCUT2D eigenvalue weighted by Gasteiger charge is 2.15. The van der Waals surface area contributed by atoms with Crippen molar-refractivity contribution in [2.24, 2.45) is 0 Å². The Morgan fingerprint density at radius 2 is 2.11 bits per heavy atom. The van der Waals surface area contributed by atoms with Crippen LogP contribution >= 0.6 is 37.6 Å². The van der Waals surface area contributed by atoms with E-state index in [-0.39, 0.29) is 0 Å². The Bertz CT molecular complexity index is 585. The van der Waals surface area contributed by atoms with Crippen LogP contribution in [0.15, 0.2) is 18.2 Å². The molecule has 1 N–H and O–H groups in total. The summed E-state index contributed by atoms with van der Waals surface area (Å²) in [5.74, 6) is 1.98. The Morgan fingerprint density at radius 3 is 2.68 bits per heavy atom. The molecule has 0 aliphatic heterocycles. The van der Waals surface area contributed by atoms with Crippen molar-refractivity contribution in [1.29, 1.82) is 0 Å². The summed E-state index contributed by atoms with van der Waals surface area (Å²) in [7, 11) is 12.3. The van der Waals surface area contributed by atoms with Gasteiger partial charge in [0.15, 0.2) is 0 Å². The third-order valence-electron chi connectivity index (χ3n) is 3.07. The van der Waals surface area contributed by atoms with E-state index in [4.69, 9.17) is 4.52 Å². The van der Waals surface area contributed by atoms with Crippen LogP contribution < -0.4 is 9.84 Å². The summed E-state index contributed by atoms with van der Waals surface area (Å²) in [5.41, 5.74) is 2.47. The van der Waals surface area contributed by atoms with E-state index in [0.29, 0.717) is 0 Å².